The Morgan fingerprint density at radius 2 is 1.90 bits per heavy atom. The first-order valence-corrected chi connectivity index (χ1v) is 18.0. The number of ether oxygens (including phenoxy) is 4. The highest BCUT2D eigenvalue weighted by atomic mass is 16.7. The van der Waals surface area contributed by atoms with Crippen molar-refractivity contribution in [1.29, 1.82) is 0 Å². The lowest BCUT2D eigenvalue weighted by Gasteiger charge is -2.32. The van der Waals surface area contributed by atoms with Gasteiger partial charge >= 0.3 is 5.97 Å². The number of aryl methyl sites for hydroxylation is 2. The van der Waals surface area contributed by atoms with E-state index in [0.29, 0.717) is 25.2 Å². The van der Waals surface area contributed by atoms with Gasteiger partial charge in [-0.2, -0.15) is 0 Å². The fourth-order valence-corrected chi connectivity index (χ4v) is 5.17. The van der Waals surface area contributed by atoms with E-state index in [-0.39, 0.29) is 30.8 Å². The van der Waals surface area contributed by atoms with Crippen LogP contribution in [-0.2, 0) is 38.6 Å². The van der Waals surface area contributed by atoms with Crippen LogP contribution < -0.4 is 10.1 Å². The molecule has 1 aliphatic rings. The van der Waals surface area contributed by atoms with Crippen molar-refractivity contribution < 1.29 is 43.5 Å². The van der Waals surface area contributed by atoms with E-state index in [0.717, 1.165) is 37.9 Å². The molecule has 0 spiro atoms. The molecular weight excluding hydrogens is 667 g/mol. The van der Waals surface area contributed by atoms with Gasteiger partial charge in [-0.15, -0.1) is 5.10 Å². The van der Waals surface area contributed by atoms with Gasteiger partial charge in [-0.05, 0) is 97.8 Å². The lowest BCUT2D eigenvalue weighted by Crippen LogP contribution is -2.45. The largest absolute Gasteiger partial charge is 0.479 e. The number of aliphatic hydroxyl groups is 1. The van der Waals surface area contributed by atoms with Crippen LogP contribution in [0.5, 0.6) is 5.75 Å². The van der Waals surface area contributed by atoms with Gasteiger partial charge in [0.05, 0.1) is 17.4 Å². The summed E-state index contributed by atoms with van der Waals surface area (Å²) in [5.74, 6) is -2.50. The predicted octanol–water partition coefficient (Wildman–Crippen LogP) is 6.07. The van der Waals surface area contributed by atoms with Crippen LogP contribution in [0.1, 0.15) is 115 Å². The summed E-state index contributed by atoms with van der Waals surface area (Å²) >= 11 is 0. The molecule has 1 amide bonds. The van der Waals surface area contributed by atoms with Crippen LogP contribution in [0, 0.1) is 0 Å². The minimum absolute atomic E-state index is 0.0389. The first-order chi connectivity index (χ1) is 24.7. The van der Waals surface area contributed by atoms with E-state index in [1.165, 1.54) is 29.7 Å². The molecule has 2 radical (unpaired) electrons. The Kier molecular flexibility index (Phi) is 19.4. The van der Waals surface area contributed by atoms with Crippen LogP contribution >= 0.6 is 0 Å². The van der Waals surface area contributed by atoms with Gasteiger partial charge in [-0.25, -0.2) is 4.79 Å². The average Bonchev–Trinajstić information content (AvgIpc) is 3.55. The molecule has 2 heterocycles. The van der Waals surface area contributed by atoms with Crippen molar-refractivity contribution >= 4 is 25.6 Å². The van der Waals surface area contributed by atoms with Gasteiger partial charge in [0.15, 0.2) is 6.10 Å². The summed E-state index contributed by atoms with van der Waals surface area (Å²) < 4.78 is 23.3. The summed E-state index contributed by atoms with van der Waals surface area (Å²) in [6.07, 6.45) is 9.51. The average molecular weight is 725 g/mol. The molecular formula is C38H57BN4O9. The summed E-state index contributed by atoms with van der Waals surface area (Å²) in [7, 11) is 5.02. The molecule has 52 heavy (non-hydrogen) atoms. The smallest absolute Gasteiger partial charge is 0.333 e. The number of amides is 1. The summed E-state index contributed by atoms with van der Waals surface area (Å²) in [5.41, 5.74) is 4.05. The standard InChI is InChI=1S/C22H30BNO9.C16H27N3/c1-4-30-8-7-22(2,3)24-19(26)15-9-13(12-31-21(23)29)5-6-16(15)32-18-11-14(25)10-17(33-18)20(27)28;1-5-14(3)9-7-10-15(4)11-8-12-19-13-16(6-2)17-18-19/h5-6,9,14,17-18,25H,4,7-8,10-12H2,1-3H3,(H,24,26)(H,27,28);5,10,13H,6-9,11-12H2,1-4H3/b;14-5+,15-10+. The molecule has 2 aromatic rings. The van der Waals surface area contributed by atoms with Crippen molar-refractivity contribution in [1.82, 2.24) is 20.3 Å². The maximum atomic E-state index is 13.1. The summed E-state index contributed by atoms with van der Waals surface area (Å²) in [5, 5.41) is 30.4. The third-order valence-electron chi connectivity index (χ3n) is 8.43. The van der Waals surface area contributed by atoms with Crippen LogP contribution in [0.15, 0.2) is 47.7 Å². The third kappa shape index (κ3) is 17.0. The Morgan fingerprint density at radius 3 is 2.54 bits per heavy atom. The number of hydrogen-bond donors (Lipinski definition) is 3. The fourth-order valence-electron chi connectivity index (χ4n) is 5.17. The van der Waals surface area contributed by atoms with Gasteiger partial charge in [-0.1, -0.05) is 41.5 Å². The molecule has 3 unspecified atom stereocenters. The molecule has 1 aromatic carbocycles. The Bertz CT molecular complexity index is 1490. The van der Waals surface area contributed by atoms with E-state index in [2.05, 4.69) is 61.7 Å². The quantitative estimate of drug-likeness (QED) is 0.0873. The van der Waals surface area contributed by atoms with E-state index in [1.807, 2.05) is 25.5 Å². The van der Waals surface area contributed by atoms with Crippen molar-refractivity contribution in [3.8, 4) is 5.75 Å². The molecule has 14 heteroatoms. The lowest BCUT2D eigenvalue weighted by atomic mass is 10.00. The van der Waals surface area contributed by atoms with E-state index < -0.39 is 41.8 Å². The van der Waals surface area contributed by atoms with E-state index >= 15 is 0 Å². The van der Waals surface area contributed by atoms with Gasteiger partial charge in [0.1, 0.15) is 12.4 Å². The Hall–Kier alpha value is -4.01. The highest BCUT2D eigenvalue weighted by Gasteiger charge is 2.35. The second-order valence-electron chi connectivity index (χ2n) is 13.5. The number of carbonyl (C=O) groups is 3. The minimum atomic E-state index is -1.23. The van der Waals surface area contributed by atoms with Crippen LogP contribution in [-0.4, -0.2) is 88.0 Å². The van der Waals surface area contributed by atoms with Gasteiger partial charge in [0.25, 0.3) is 5.91 Å². The number of allylic oxidation sites excluding steroid dienone is 4. The van der Waals surface area contributed by atoms with Crippen LogP contribution in [0.3, 0.4) is 0 Å². The number of carboxylic acids is 1. The monoisotopic (exact) mass is 724 g/mol. The van der Waals surface area contributed by atoms with Gasteiger partial charge < -0.3 is 34.5 Å². The highest BCUT2D eigenvalue weighted by Crippen LogP contribution is 2.28. The topological polar surface area (TPSA) is 171 Å². The number of aliphatic carboxylic acids is 1. The zero-order valence-corrected chi connectivity index (χ0v) is 31.9. The Morgan fingerprint density at radius 1 is 1.15 bits per heavy atom. The normalized spacial score (nSPS) is 17.9. The number of carbonyl (C=O) groups excluding carboxylic acids is 2. The van der Waals surface area contributed by atoms with E-state index in [4.69, 9.17) is 26.8 Å². The fraction of sp³-hybridized carbons (Fsp3) is 0.605. The molecule has 13 nitrogen and oxygen atoms in total. The number of rotatable bonds is 19. The number of nitrogens with one attached hydrogen (secondary N) is 1. The zero-order valence-electron chi connectivity index (χ0n) is 31.9. The van der Waals surface area contributed by atoms with Crippen molar-refractivity contribution in [2.75, 3.05) is 13.2 Å². The third-order valence-corrected chi connectivity index (χ3v) is 8.43. The molecule has 0 bridgehead atoms. The molecule has 1 aliphatic heterocycles. The Labute approximate surface area is 309 Å². The SMILES string of the molecule is C/C=C(\C)CC/C=C(\C)CCCn1cc(CC)nn1.[B]C(=O)OCc1ccc(OC2CC(O)CC(C(=O)O)O2)c(C(=O)NC(C)(C)CCOCC)c1. The van der Waals surface area contributed by atoms with Crippen molar-refractivity contribution in [2.45, 2.75) is 137 Å². The van der Waals surface area contributed by atoms with Crippen LogP contribution in [0.25, 0.3) is 0 Å². The maximum Gasteiger partial charge on any atom is 0.333 e. The molecule has 0 aliphatic carbocycles. The van der Waals surface area contributed by atoms with Crippen LogP contribution in [0.4, 0.5) is 4.79 Å². The molecule has 3 atom stereocenters. The molecule has 1 aromatic heterocycles. The zero-order chi connectivity index (χ0) is 38.7. The predicted molar refractivity (Wildman–Crippen MR) is 198 cm³/mol. The first kappa shape index (κ1) is 44.2. The van der Waals surface area contributed by atoms with E-state index in [9.17, 15) is 24.6 Å². The number of carboxylic acid groups (broad SMARTS) is 1. The molecule has 1 fully saturated rings. The number of nitrogens with zero attached hydrogens (tertiary/aromatic N) is 3. The van der Waals surface area contributed by atoms with Crippen molar-refractivity contribution in [3.05, 3.63) is 64.5 Å². The van der Waals surface area contributed by atoms with E-state index in [1.54, 1.807) is 6.07 Å². The van der Waals surface area contributed by atoms with Crippen molar-refractivity contribution in [2.24, 2.45) is 0 Å². The molecule has 3 rings (SSSR count). The van der Waals surface area contributed by atoms with Gasteiger partial charge in [0.2, 0.25) is 20.0 Å². The minimum Gasteiger partial charge on any atom is -0.479 e. The molecule has 0 saturated carbocycles. The highest BCUT2D eigenvalue weighted by molar-refractivity contribution is 6.55. The van der Waals surface area contributed by atoms with Gasteiger partial charge in [-0.3, -0.25) is 14.3 Å². The maximum absolute atomic E-state index is 13.1. The number of aliphatic hydroxyl groups excluding tert-OH is 1. The number of hydrogen-bond acceptors (Lipinski definition) is 10. The number of aromatic nitrogens is 3. The van der Waals surface area contributed by atoms with Gasteiger partial charge in [0, 0.05) is 44.3 Å². The second-order valence-corrected chi connectivity index (χ2v) is 13.5. The molecule has 3 N–H and O–H groups in total. The summed E-state index contributed by atoms with van der Waals surface area (Å²) in [6.45, 7) is 16.1. The summed E-state index contributed by atoms with van der Waals surface area (Å²) in [4.78, 5) is 35.4. The number of benzene rings is 1. The Balaban J connectivity index is 0.000000418. The molecule has 1 saturated heterocycles. The summed E-state index contributed by atoms with van der Waals surface area (Å²) in [6, 6.07) is 4.55. The van der Waals surface area contributed by atoms with Crippen LogP contribution in [0.2, 0.25) is 0 Å². The molecule has 286 valence electrons. The lowest BCUT2D eigenvalue weighted by molar-refractivity contribution is -0.195. The first-order valence-electron chi connectivity index (χ1n) is 18.0. The van der Waals surface area contributed by atoms with Crippen molar-refractivity contribution in [3.63, 3.8) is 0 Å². The second kappa shape index (κ2) is 22.8.